The van der Waals surface area contributed by atoms with Gasteiger partial charge in [0.1, 0.15) is 6.10 Å². The Bertz CT molecular complexity index is 375. The van der Waals surface area contributed by atoms with E-state index < -0.39 is 12.4 Å². The molecule has 1 saturated heterocycles. The van der Waals surface area contributed by atoms with Crippen LogP contribution in [0.3, 0.4) is 0 Å². The number of rotatable bonds is 3. The van der Waals surface area contributed by atoms with Crippen LogP contribution in [0.25, 0.3) is 0 Å². The molecule has 1 aromatic carbocycles. The molecule has 1 aromatic rings. The summed E-state index contributed by atoms with van der Waals surface area (Å²) < 4.78 is 48.8. The molecule has 1 aliphatic heterocycles. The van der Waals surface area contributed by atoms with Crippen LogP contribution < -0.4 is 10.2 Å². The highest BCUT2D eigenvalue weighted by atomic mass is 19.4. The van der Waals surface area contributed by atoms with Crippen molar-refractivity contribution < 1.29 is 22.4 Å². The number of para-hydroxylation sites is 1. The van der Waals surface area contributed by atoms with E-state index in [2.05, 4.69) is 0 Å². The number of ether oxygens (including phenoxy) is 2. The van der Waals surface area contributed by atoms with Gasteiger partial charge in [0.05, 0.1) is 19.0 Å². The van der Waals surface area contributed by atoms with Crippen LogP contribution in [0.5, 0.6) is 5.75 Å². The van der Waals surface area contributed by atoms with Crippen LogP contribution in [0, 0.1) is 0 Å². The maximum Gasteiger partial charge on any atom is 0.513 e. The van der Waals surface area contributed by atoms with Gasteiger partial charge in [-0.3, -0.25) is 0 Å². The van der Waals surface area contributed by atoms with E-state index in [-0.39, 0.29) is 11.9 Å². The van der Waals surface area contributed by atoms with E-state index in [4.69, 9.17) is 9.47 Å². The second-order valence-corrected chi connectivity index (χ2v) is 4.04. The Hall–Kier alpha value is -1.17. The van der Waals surface area contributed by atoms with Gasteiger partial charge in [-0.15, -0.1) is 0 Å². The van der Waals surface area contributed by atoms with Crippen molar-refractivity contribution in [1.29, 1.82) is 0 Å². The molecule has 17 heavy (non-hydrogen) atoms. The molecule has 0 N–H and O–H groups in total. The van der Waals surface area contributed by atoms with Gasteiger partial charge in [0.15, 0.2) is 0 Å². The Kier molecular flexibility index (Phi) is 3.62. The van der Waals surface area contributed by atoms with Crippen LogP contribution in [0.2, 0.25) is 0 Å². The molecule has 0 bridgehead atoms. The molecule has 0 saturated carbocycles. The summed E-state index contributed by atoms with van der Waals surface area (Å²) in [6.07, 6.45) is 1.10. The van der Waals surface area contributed by atoms with Gasteiger partial charge in [0.2, 0.25) is 0 Å². The number of hydrogen-bond acceptors (Lipinski definition) is 2. The smallest absolute Gasteiger partial charge is 0.493 e. The molecule has 2 rings (SSSR count). The molecular formula is C11H13BF3O2-. The van der Waals surface area contributed by atoms with Crippen LogP contribution in [0.1, 0.15) is 12.8 Å². The zero-order chi connectivity index (χ0) is 12.3. The van der Waals surface area contributed by atoms with Crippen molar-refractivity contribution in [2.75, 3.05) is 13.2 Å². The predicted octanol–water partition coefficient (Wildman–Crippen LogP) is 2.30. The Morgan fingerprint density at radius 1 is 1.12 bits per heavy atom. The predicted molar refractivity (Wildman–Crippen MR) is 59.6 cm³/mol. The Balaban J connectivity index is 2.14. The average molecular weight is 245 g/mol. The van der Waals surface area contributed by atoms with Crippen molar-refractivity contribution in [2.45, 2.75) is 18.9 Å². The highest BCUT2D eigenvalue weighted by Gasteiger charge is 2.29. The van der Waals surface area contributed by atoms with Crippen molar-refractivity contribution in [3.05, 3.63) is 24.3 Å². The summed E-state index contributed by atoms with van der Waals surface area (Å²) in [5.41, 5.74) is -0.654. The third kappa shape index (κ3) is 3.15. The van der Waals surface area contributed by atoms with Crippen molar-refractivity contribution in [3.63, 3.8) is 0 Å². The summed E-state index contributed by atoms with van der Waals surface area (Å²) in [4.78, 5) is 0. The molecule has 6 heteroatoms. The lowest BCUT2D eigenvalue weighted by Crippen LogP contribution is -2.37. The molecule has 0 unspecified atom stereocenters. The maximum atomic E-state index is 12.8. The zero-order valence-electron chi connectivity index (χ0n) is 9.24. The Morgan fingerprint density at radius 2 is 1.76 bits per heavy atom. The minimum absolute atomic E-state index is 0.0631. The van der Waals surface area contributed by atoms with Gasteiger partial charge in [-0.1, -0.05) is 23.7 Å². The summed E-state index contributed by atoms with van der Waals surface area (Å²) in [6, 6.07) is 5.37. The first kappa shape index (κ1) is 12.3. The van der Waals surface area contributed by atoms with Crippen LogP contribution >= 0.6 is 0 Å². The third-order valence-electron chi connectivity index (χ3n) is 2.73. The topological polar surface area (TPSA) is 18.5 Å². The summed E-state index contributed by atoms with van der Waals surface area (Å²) in [5.74, 6) is -0.0631. The number of hydrogen-bond donors (Lipinski definition) is 0. The van der Waals surface area contributed by atoms with E-state index in [1.165, 1.54) is 12.1 Å². The van der Waals surface area contributed by atoms with Gasteiger partial charge < -0.3 is 22.4 Å². The van der Waals surface area contributed by atoms with Gasteiger partial charge >= 0.3 is 6.98 Å². The second-order valence-electron chi connectivity index (χ2n) is 4.04. The molecule has 0 aliphatic carbocycles. The summed E-state index contributed by atoms with van der Waals surface area (Å²) in [5, 5.41) is 0. The molecule has 94 valence electrons. The molecule has 1 aliphatic rings. The van der Waals surface area contributed by atoms with Gasteiger partial charge in [-0.25, -0.2) is 0 Å². The lowest BCUT2D eigenvalue weighted by atomic mass is 9.79. The van der Waals surface area contributed by atoms with E-state index in [1.54, 1.807) is 6.07 Å². The van der Waals surface area contributed by atoms with E-state index in [1.807, 2.05) is 0 Å². The molecular weight excluding hydrogens is 232 g/mol. The minimum atomic E-state index is -5.02. The van der Waals surface area contributed by atoms with E-state index in [0.717, 1.165) is 6.07 Å². The minimum Gasteiger partial charge on any atom is -0.493 e. The fourth-order valence-electron chi connectivity index (χ4n) is 1.83. The third-order valence-corrected chi connectivity index (χ3v) is 2.73. The number of benzene rings is 1. The van der Waals surface area contributed by atoms with Gasteiger partial charge in [-0.05, 0) is 6.07 Å². The van der Waals surface area contributed by atoms with Gasteiger partial charge in [-0.2, -0.15) is 0 Å². The second kappa shape index (κ2) is 5.00. The average Bonchev–Trinajstić information content (AvgIpc) is 2.30. The van der Waals surface area contributed by atoms with E-state index in [9.17, 15) is 12.9 Å². The first-order chi connectivity index (χ1) is 8.07. The summed E-state index contributed by atoms with van der Waals surface area (Å²) >= 11 is 0. The molecule has 1 heterocycles. The Labute approximate surface area is 97.8 Å². The monoisotopic (exact) mass is 245 g/mol. The Morgan fingerprint density at radius 3 is 2.41 bits per heavy atom. The van der Waals surface area contributed by atoms with Crippen molar-refractivity contribution in [2.24, 2.45) is 0 Å². The first-order valence-electron chi connectivity index (χ1n) is 5.60. The zero-order valence-corrected chi connectivity index (χ0v) is 9.24. The highest BCUT2D eigenvalue weighted by Crippen LogP contribution is 2.21. The number of halogens is 3. The fourth-order valence-corrected chi connectivity index (χ4v) is 1.83. The molecule has 0 atom stereocenters. The molecule has 1 fully saturated rings. The van der Waals surface area contributed by atoms with E-state index in [0.29, 0.717) is 26.1 Å². The molecule has 0 radical (unpaired) electrons. The van der Waals surface area contributed by atoms with E-state index >= 15 is 0 Å². The van der Waals surface area contributed by atoms with Crippen LogP contribution in [-0.4, -0.2) is 26.3 Å². The molecule has 2 nitrogen and oxygen atoms in total. The summed E-state index contributed by atoms with van der Waals surface area (Å²) in [6.45, 7) is -3.93. The standard InChI is InChI=1S/C11H13BF3O2/c13-12(14,15)10-3-1-2-4-11(10)17-9-5-7-16-8-6-9/h1-4,9H,5-8H2/q-1. The maximum absolute atomic E-state index is 12.8. The summed E-state index contributed by atoms with van der Waals surface area (Å²) in [7, 11) is 0. The van der Waals surface area contributed by atoms with Crippen LogP contribution in [0.4, 0.5) is 12.9 Å². The molecule has 0 aromatic heterocycles. The highest BCUT2D eigenvalue weighted by molar-refractivity contribution is 6.74. The van der Waals surface area contributed by atoms with Crippen molar-refractivity contribution in [3.8, 4) is 5.75 Å². The van der Waals surface area contributed by atoms with Crippen LogP contribution in [-0.2, 0) is 4.74 Å². The molecule has 0 spiro atoms. The lowest BCUT2D eigenvalue weighted by Gasteiger charge is -2.27. The lowest BCUT2D eigenvalue weighted by molar-refractivity contribution is 0.0259. The van der Waals surface area contributed by atoms with Crippen molar-refractivity contribution in [1.82, 2.24) is 0 Å². The van der Waals surface area contributed by atoms with Gasteiger partial charge in [0, 0.05) is 12.8 Å². The normalized spacial score (nSPS) is 18.1. The van der Waals surface area contributed by atoms with Gasteiger partial charge in [0.25, 0.3) is 0 Å². The largest absolute Gasteiger partial charge is 0.513 e. The SMILES string of the molecule is F[B-](F)(F)c1ccccc1OC1CCOCC1. The first-order valence-corrected chi connectivity index (χ1v) is 5.60. The fraction of sp³-hybridized carbons (Fsp3) is 0.455. The molecule has 0 amide bonds. The van der Waals surface area contributed by atoms with Crippen molar-refractivity contribution >= 4 is 12.4 Å². The van der Waals surface area contributed by atoms with Crippen LogP contribution in [0.15, 0.2) is 24.3 Å². The quantitative estimate of drug-likeness (QED) is 0.760.